The average Bonchev–Trinajstić information content (AvgIpc) is 2.74. The second-order valence-corrected chi connectivity index (χ2v) is 8.76. The van der Waals surface area contributed by atoms with E-state index in [-0.39, 0.29) is 34.0 Å². The molecule has 0 radical (unpaired) electrons. The zero-order chi connectivity index (χ0) is 22.5. The minimum Gasteiger partial charge on any atom is -0.505 e. The van der Waals surface area contributed by atoms with Gasteiger partial charge in [-0.25, -0.2) is 4.99 Å². The number of amides is 2. The molecule has 10 heteroatoms. The maximum atomic E-state index is 12.8. The molecular formula is C21H21Cl2N3O4S. The largest absolute Gasteiger partial charge is 0.505 e. The smallest absolute Gasteiger partial charge is 0.238 e. The minimum absolute atomic E-state index is 0.0425. The van der Waals surface area contributed by atoms with Gasteiger partial charge in [-0.05, 0) is 42.8 Å². The molecule has 1 unspecified atom stereocenters. The molecule has 31 heavy (non-hydrogen) atoms. The summed E-state index contributed by atoms with van der Waals surface area (Å²) >= 11 is 13.1. The van der Waals surface area contributed by atoms with Crippen LogP contribution in [0.15, 0.2) is 41.4 Å². The molecule has 0 bridgehead atoms. The number of amidine groups is 1. The van der Waals surface area contributed by atoms with Crippen molar-refractivity contribution in [3.8, 4) is 11.5 Å². The zero-order valence-electron chi connectivity index (χ0n) is 16.9. The van der Waals surface area contributed by atoms with Crippen LogP contribution in [0, 0.1) is 0 Å². The Labute approximate surface area is 194 Å². The summed E-state index contributed by atoms with van der Waals surface area (Å²) in [5.41, 5.74) is 0.968. The van der Waals surface area contributed by atoms with Crippen molar-refractivity contribution in [1.29, 1.82) is 0 Å². The van der Waals surface area contributed by atoms with Crippen molar-refractivity contribution in [2.75, 3.05) is 19.0 Å². The first-order valence-corrected chi connectivity index (χ1v) is 11.2. The number of aromatic hydroxyl groups is 1. The quantitative estimate of drug-likeness (QED) is 0.600. The topological polar surface area (TPSA) is 91.2 Å². The Morgan fingerprint density at radius 1 is 1.29 bits per heavy atom. The summed E-state index contributed by atoms with van der Waals surface area (Å²) < 4.78 is 5.53. The fourth-order valence-corrected chi connectivity index (χ4v) is 4.24. The van der Waals surface area contributed by atoms with Crippen molar-refractivity contribution in [1.82, 2.24) is 4.90 Å². The first-order chi connectivity index (χ1) is 14.8. The second-order valence-electron chi connectivity index (χ2n) is 6.78. The first-order valence-electron chi connectivity index (χ1n) is 9.52. The predicted octanol–water partition coefficient (Wildman–Crippen LogP) is 5.08. The van der Waals surface area contributed by atoms with Gasteiger partial charge in [0.05, 0.1) is 22.3 Å². The average molecular weight is 482 g/mol. The highest BCUT2D eigenvalue weighted by Crippen LogP contribution is 2.37. The van der Waals surface area contributed by atoms with Gasteiger partial charge in [-0.15, -0.1) is 0 Å². The number of phenolic OH excluding ortho intramolecular Hbond substituents is 1. The summed E-state index contributed by atoms with van der Waals surface area (Å²) in [5.74, 6) is -0.0548. The van der Waals surface area contributed by atoms with Crippen LogP contribution in [0.2, 0.25) is 10.0 Å². The van der Waals surface area contributed by atoms with Crippen molar-refractivity contribution in [3.05, 3.63) is 46.4 Å². The van der Waals surface area contributed by atoms with E-state index in [1.165, 1.54) is 28.8 Å². The van der Waals surface area contributed by atoms with Crippen LogP contribution in [-0.4, -0.2) is 45.9 Å². The van der Waals surface area contributed by atoms with Crippen LogP contribution in [0.3, 0.4) is 0 Å². The van der Waals surface area contributed by atoms with E-state index in [4.69, 9.17) is 27.9 Å². The van der Waals surface area contributed by atoms with Crippen molar-refractivity contribution < 1.29 is 19.4 Å². The van der Waals surface area contributed by atoms with Gasteiger partial charge in [0.1, 0.15) is 11.0 Å². The molecule has 0 saturated carbocycles. The lowest BCUT2D eigenvalue weighted by Crippen LogP contribution is -2.43. The van der Waals surface area contributed by atoms with E-state index in [1.807, 2.05) is 6.92 Å². The molecule has 2 aromatic rings. The zero-order valence-corrected chi connectivity index (χ0v) is 19.2. The van der Waals surface area contributed by atoms with Crippen LogP contribution in [0.4, 0.5) is 11.4 Å². The number of carbonyl (C=O) groups is 2. The molecular weight excluding hydrogens is 461 g/mol. The van der Waals surface area contributed by atoms with Gasteiger partial charge in [0.15, 0.2) is 10.9 Å². The molecule has 1 aliphatic rings. The van der Waals surface area contributed by atoms with E-state index in [0.29, 0.717) is 23.1 Å². The van der Waals surface area contributed by atoms with E-state index >= 15 is 0 Å². The molecule has 164 valence electrons. The third-order valence-corrected chi connectivity index (χ3v) is 6.20. The minimum atomic E-state index is -0.651. The summed E-state index contributed by atoms with van der Waals surface area (Å²) in [7, 11) is 1.58. The lowest BCUT2D eigenvalue weighted by Gasteiger charge is -2.28. The molecule has 1 atom stereocenters. The van der Waals surface area contributed by atoms with Gasteiger partial charge >= 0.3 is 0 Å². The molecule has 2 aromatic carbocycles. The Bertz CT molecular complexity index is 991. The molecule has 0 aliphatic carbocycles. The van der Waals surface area contributed by atoms with Gasteiger partial charge in [0, 0.05) is 19.2 Å². The molecule has 2 N–H and O–H groups in total. The highest BCUT2D eigenvalue weighted by molar-refractivity contribution is 8.15. The van der Waals surface area contributed by atoms with Gasteiger partial charge in [0.2, 0.25) is 11.8 Å². The Morgan fingerprint density at radius 2 is 1.94 bits per heavy atom. The number of phenols is 1. The summed E-state index contributed by atoms with van der Waals surface area (Å²) in [6.07, 6.45) is 0.951. The molecule has 1 heterocycles. The highest BCUT2D eigenvalue weighted by atomic mass is 35.5. The van der Waals surface area contributed by atoms with Crippen molar-refractivity contribution in [2.24, 2.45) is 4.99 Å². The Morgan fingerprint density at radius 3 is 2.55 bits per heavy atom. The number of rotatable bonds is 6. The van der Waals surface area contributed by atoms with Crippen LogP contribution < -0.4 is 10.1 Å². The number of anilines is 1. The number of carbonyl (C=O) groups excluding carboxylic acids is 2. The summed E-state index contributed by atoms with van der Waals surface area (Å²) in [6, 6.07) is 9.92. The first kappa shape index (κ1) is 23.2. The molecule has 0 spiro atoms. The molecule has 2 amide bonds. The number of aliphatic imine (C=N–C) groups is 1. The Hall–Kier alpha value is -2.42. The van der Waals surface area contributed by atoms with Crippen LogP contribution in [0.5, 0.6) is 11.5 Å². The number of ether oxygens (including phenoxy) is 1. The van der Waals surface area contributed by atoms with E-state index in [0.717, 1.165) is 12.2 Å². The van der Waals surface area contributed by atoms with Crippen LogP contribution in [-0.2, 0) is 9.59 Å². The molecule has 0 aromatic heterocycles. The van der Waals surface area contributed by atoms with Gasteiger partial charge in [-0.1, -0.05) is 41.9 Å². The lowest BCUT2D eigenvalue weighted by atomic mass is 10.2. The molecule has 7 nitrogen and oxygen atoms in total. The number of hydrogen-bond acceptors (Lipinski definition) is 6. The van der Waals surface area contributed by atoms with Crippen LogP contribution in [0.1, 0.15) is 19.8 Å². The fourth-order valence-electron chi connectivity index (χ4n) is 2.70. The van der Waals surface area contributed by atoms with Gasteiger partial charge in [-0.2, -0.15) is 0 Å². The van der Waals surface area contributed by atoms with Crippen LogP contribution >= 0.6 is 35.0 Å². The normalized spacial score (nSPS) is 17.7. The van der Waals surface area contributed by atoms with Crippen LogP contribution in [0.25, 0.3) is 0 Å². The summed E-state index contributed by atoms with van der Waals surface area (Å²) in [6.45, 7) is 2.65. The van der Waals surface area contributed by atoms with Crippen molar-refractivity contribution in [3.63, 3.8) is 0 Å². The number of thioether (sulfide) groups is 1. The van der Waals surface area contributed by atoms with E-state index in [1.54, 1.807) is 31.3 Å². The fraction of sp³-hybridized carbons (Fsp3) is 0.286. The van der Waals surface area contributed by atoms with Crippen molar-refractivity contribution >= 4 is 63.3 Å². The van der Waals surface area contributed by atoms with E-state index in [2.05, 4.69) is 10.3 Å². The third kappa shape index (κ3) is 5.84. The number of nitrogens with zero attached hydrogens (tertiary/aromatic N) is 2. The SMILES string of the molecule is CCCOc1ccc(NC(=O)C2CC(=O)N(C)C(=Nc3cc(Cl)c(O)c(Cl)c3)S2)cc1. The molecule has 1 aliphatic heterocycles. The Balaban J connectivity index is 1.73. The maximum Gasteiger partial charge on any atom is 0.238 e. The number of halogens is 2. The highest BCUT2D eigenvalue weighted by Gasteiger charge is 2.34. The number of nitrogens with one attached hydrogen (secondary N) is 1. The van der Waals surface area contributed by atoms with Gasteiger partial charge in [0.25, 0.3) is 0 Å². The van der Waals surface area contributed by atoms with Gasteiger partial charge in [-0.3, -0.25) is 14.5 Å². The third-order valence-electron chi connectivity index (χ3n) is 4.38. The maximum absolute atomic E-state index is 12.8. The number of benzene rings is 2. The molecule has 1 fully saturated rings. The summed E-state index contributed by atoms with van der Waals surface area (Å²) in [5, 5.41) is 12.3. The standard InChI is InChI=1S/C21H21Cl2N3O4S/c1-3-8-30-14-6-4-12(5-7-14)24-20(29)17-11-18(27)26(2)21(31-17)25-13-9-15(22)19(28)16(23)10-13/h4-7,9-10,17,28H,3,8,11H2,1-2H3,(H,24,29). The molecule has 3 rings (SSSR count). The van der Waals surface area contributed by atoms with Gasteiger partial charge < -0.3 is 15.2 Å². The molecule has 1 saturated heterocycles. The van der Waals surface area contributed by atoms with E-state index < -0.39 is 5.25 Å². The monoisotopic (exact) mass is 481 g/mol. The number of hydrogen-bond donors (Lipinski definition) is 2. The van der Waals surface area contributed by atoms with E-state index in [9.17, 15) is 14.7 Å². The summed E-state index contributed by atoms with van der Waals surface area (Å²) in [4.78, 5) is 31.0. The lowest BCUT2D eigenvalue weighted by molar-refractivity contribution is -0.128. The predicted molar refractivity (Wildman–Crippen MR) is 125 cm³/mol. The second kappa shape index (κ2) is 10.3. The Kier molecular flexibility index (Phi) is 7.69. The van der Waals surface area contributed by atoms with Crippen molar-refractivity contribution in [2.45, 2.75) is 25.0 Å².